The van der Waals surface area contributed by atoms with E-state index in [1.54, 1.807) is 22.6 Å². The lowest BCUT2D eigenvalue weighted by Gasteiger charge is -2.36. The van der Waals surface area contributed by atoms with Gasteiger partial charge in [0.25, 0.3) is 0 Å². The van der Waals surface area contributed by atoms with Crippen molar-refractivity contribution in [1.29, 1.82) is 0 Å². The second-order valence-corrected chi connectivity index (χ2v) is 9.20. The predicted molar refractivity (Wildman–Crippen MR) is 79.2 cm³/mol. The largest absolute Gasteiger partial charge is 0.396 e. The van der Waals surface area contributed by atoms with E-state index >= 15 is 0 Å². The van der Waals surface area contributed by atoms with Crippen LogP contribution in [0.25, 0.3) is 0 Å². The maximum atomic E-state index is 12.6. The number of aliphatic hydroxyl groups is 1. The minimum absolute atomic E-state index is 0.0573. The highest BCUT2D eigenvalue weighted by atomic mass is 32.2. The Kier molecular flexibility index (Phi) is 4.78. The van der Waals surface area contributed by atoms with Crippen molar-refractivity contribution in [2.75, 3.05) is 25.4 Å². The van der Waals surface area contributed by atoms with Gasteiger partial charge < -0.3 is 5.11 Å². The molecule has 0 atom stereocenters. The lowest BCUT2D eigenvalue weighted by Crippen LogP contribution is -2.45. The molecule has 1 fully saturated rings. The van der Waals surface area contributed by atoms with Gasteiger partial charge in [-0.1, -0.05) is 0 Å². The molecule has 0 saturated carbocycles. The molecule has 0 aliphatic carbocycles. The number of sulfonamides is 1. The van der Waals surface area contributed by atoms with Gasteiger partial charge in [0.1, 0.15) is 4.90 Å². The quantitative estimate of drug-likeness (QED) is 0.868. The summed E-state index contributed by atoms with van der Waals surface area (Å²) in [6.07, 6.45) is 3.50. The molecule has 1 aromatic rings. The zero-order valence-electron chi connectivity index (χ0n) is 11.8. The zero-order chi connectivity index (χ0) is 14.8. The number of thioether (sulfide) groups is 1. The van der Waals surface area contributed by atoms with Crippen molar-refractivity contribution in [3.63, 3.8) is 0 Å². The number of nitrogens with zero attached hydrogens (tertiary/aromatic N) is 3. The molecular formula is C12H21N3O3S2. The summed E-state index contributed by atoms with van der Waals surface area (Å²) < 4.78 is 28.2. The van der Waals surface area contributed by atoms with Crippen LogP contribution in [0.2, 0.25) is 0 Å². The smallest absolute Gasteiger partial charge is 0.246 e. The van der Waals surface area contributed by atoms with Gasteiger partial charge in [-0.15, -0.1) is 0 Å². The number of aryl methyl sites for hydroxylation is 1. The van der Waals surface area contributed by atoms with Crippen LogP contribution in [-0.4, -0.2) is 57.8 Å². The van der Waals surface area contributed by atoms with E-state index in [9.17, 15) is 8.42 Å². The molecule has 0 amide bonds. The normalized spacial score (nSPS) is 20.1. The molecule has 1 aliphatic heterocycles. The topological polar surface area (TPSA) is 75.4 Å². The van der Waals surface area contributed by atoms with Gasteiger partial charge in [-0.05, 0) is 20.3 Å². The third-order valence-electron chi connectivity index (χ3n) is 3.18. The van der Waals surface area contributed by atoms with E-state index in [1.807, 2.05) is 0 Å². The first-order valence-corrected chi connectivity index (χ1v) is 9.05. The van der Waals surface area contributed by atoms with Crippen LogP contribution >= 0.6 is 11.8 Å². The van der Waals surface area contributed by atoms with E-state index in [0.717, 1.165) is 5.75 Å². The Morgan fingerprint density at radius 1 is 1.50 bits per heavy atom. The van der Waals surface area contributed by atoms with E-state index in [4.69, 9.17) is 5.11 Å². The summed E-state index contributed by atoms with van der Waals surface area (Å²) in [5.74, 6) is 0.810. The van der Waals surface area contributed by atoms with E-state index in [-0.39, 0.29) is 16.2 Å². The summed E-state index contributed by atoms with van der Waals surface area (Å²) >= 11 is 1.80. The molecular weight excluding hydrogens is 298 g/mol. The van der Waals surface area contributed by atoms with Crippen molar-refractivity contribution in [2.24, 2.45) is 0 Å². The molecule has 1 aliphatic rings. The van der Waals surface area contributed by atoms with Crippen LogP contribution in [0.15, 0.2) is 17.3 Å². The molecule has 20 heavy (non-hydrogen) atoms. The number of hydrogen-bond donors (Lipinski definition) is 1. The summed E-state index contributed by atoms with van der Waals surface area (Å²) in [6.45, 7) is 5.76. The highest BCUT2D eigenvalue weighted by Crippen LogP contribution is 2.32. The third kappa shape index (κ3) is 3.55. The molecule has 114 valence electrons. The van der Waals surface area contributed by atoms with Crippen molar-refractivity contribution in [2.45, 2.75) is 36.5 Å². The van der Waals surface area contributed by atoms with Gasteiger partial charge in [-0.3, -0.25) is 4.68 Å². The fourth-order valence-electron chi connectivity index (χ4n) is 2.16. The fraction of sp³-hybridized carbons (Fsp3) is 0.750. The van der Waals surface area contributed by atoms with Gasteiger partial charge in [0.2, 0.25) is 10.0 Å². The first-order valence-electron chi connectivity index (χ1n) is 6.63. The van der Waals surface area contributed by atoms with Crippen molar-refractivity contribution < 1.29 is 13.5 Å². The highest BCUT2D eigenvalue weighted by Gasteiger charge is 2.35. The summed E-state index contributed by atoms with van der Waals surface area (Å²) in [5, 5.41) is 12.8. The fourth-order valence-corrected chi connectivity index (χ4v) is 5.03. The minimum atomic E-state index is -3.46. The first-order chi connectivity index (χ1) is 9.35. The highest BCUT2D eigenvalue weighted by molar-refractivity contribution is 8.00. The van der Waals surface area contributed by atoms with Gasteiger partial charge in [0, 0.05) is 42.9 Å². The average molecular weight is 319 g/mol. The van der Waals surface area contributed by atoms with E-state index in [0.29, 0.717) is 26.1 Å². The van der Waals surface area contributed by atoms with Gasteiger partial charge in [-0.2, -0.15) is 21.2 Å². The van der Waals surface area contributed by atoms with Crippen molar-refractivity contribution >= 4 is 21.8 Å². The van der Waals surface area contributed by atoms with Crippen LogP contribution in [0.4, 0.5) is 0 Å². The summed E-state index contributed by atoms with van der Waals surface area (Å²) in [4.78, 5) is 0.234. The van der Waals surface area contributed by atoms with Crippen LogP contribution in [-0.2, 0) is 16.6 Å². The van der Waals surface area contributed by atoms with Crippen molar-refractivity contribution in [3.05, 3.63) is 12.4 Å². The second-order valence-electron chi connectivity index (χ2n) is 5.46. The van der Waals surface area contributed by atoms with Gasteiger partial charge >= 0.3 is 0 Å². The SMILES string of the molecule is CC1(C)CN(S(=O)(=O)c2cnn(CCCO)c2)CCS1. The average Bonchev–Trinajstić information content (AvgIpc) is 2.84. The van der Waals surface area contributed by atoms with E-state index in [1.165, 1.54) is 10.5 Å². The molecule has 1 aromatic heterocycles. The van der Waals surface area contributed by atoms with Crippen LogP contribution in [0.1, 0.15) is 20.3 Å². The Labute approximate surface area is 124 Å². The number of hydrogen-bond acceptors (Lipinski definition) is 5. The summed E-state index contributed by atoms with van der Waals surface area (Å²) in [5.41, 5.74) is 0. The minimum Gasteiger partial charge on any atom is -0.396 e. The van der Waals surface area contributed by atoms with Crippen molar-refractivity contribution in [3.8, 4) is 0 Å². The monoisotopic (exact) mass is 319 g/mol. The first kappa shape index (κ1) is 15.8. The molecule has 8 heteroatoms. The maximum Gasteiger partial charge on any atom is 0.246 e. The second kappa shape index (κ2) is 6.05. The Morgan fingerprint density at radius 3 is 2.90 bits per heavy atom. The molecule has 0 aromatic carbocycles. The molecule has 6 nitrogen and oxygen atoms in total. The lowest BCUT2D eigenvalue weighted by molar-refractivity contribution is 0.277. The van der Waals surface area contributed by atoms with Gasteiger partial charge in [0.05, 0.1) is 6.20 Å². The third-order valence-corrected chi connectivity index (χ3v) is 6.28. The molecule has 0 radical (unpaired) electrons. The van der Waals surface area contributed by atoms with Crippen molar-refractivity contribution in [1.82, 2.24) is 14.1 Å². The number of rotatable bonds is 5. The van der Waals surface area contributed by atoms with Crippen LogP contribution < -0.4 is 0 Å². The molecule has 2 heterocycles. The molecule has 0 spiro atoms. The zero-order valence-corrected chi connectivity index (χ0v) is 13.5. The van der Waals surface area contributed by atoms with Crippen LogP contribution in [0, 0.1) is 0 Å². The molecule has 2 rings (SSSR count). The van der Waals surface area contributed by atoms with E-state index < -0.39 is 10.0 Å². The van der Waals surface area contributed by atoms with E-state index in [2.05, 4.69) is 18.9 Å². The summed E-state index contributed by atoms with van der Waals surface area (Å²) in [7, 11) is -3.46. The Bertz CT molecular complexity index is 554. The molecule has 1 N–H and O–H groups in total. The van der Waals surface area contributed by atoms with Crippen LogP contribution in [0.3, 0.4) is 0 Å². The predicted octanol–water partition coefficient (Wildman–Crippen LogP) is 0.782. The van der Waals surface area contributed by atoms with Crippen LogP contribution in [0.5, 0.6) is 0 Å². The molecule has 0 bridgehead atoms. The maximum absolute atomic E-state index is 12.6. The van der Waals surface area contributed by atoms with Gasteiger partial charge in [-0.25, -0.2) is 8.42 Å². The number of aliphatic hydroxyl groups excluding tert-OH is 1. The summed E-state index contributed by atoms with van der Waals surface area (Å²) in [6, 6.07) is 0. The number of aromatic nitrogens is 2. The Morgan fingerprint density at radius 2 is 2.25 bits per heavy atom. The molecule has 1 saturated heterocycles. The standard InChI is InChI=1S/C12H21N3O3S2/c1-12(2)10-15(5-7-19-12)20(17,18)11-8-13-14(9-11)4-3-6-16/h8-9,16H,3-7,10H2,1-2H3. The van der Waals surface area contributed by atoms with Gasteiger partial charge in [0.15, 0.2) is 0 Å². The Hall–Kier alpha value is -0.570. The molecule has 0 unspecified atom stereocenters. The Balaban J connectivity index is 2.15. The lowest BCUT2D eigenvalue weighted by atomic mass is 10.2.